The number of aromatic nitrogens is 2. The van der Waals surface area contributed by atoms with Crippen molar-refractivity contribution in [3.8, 4) is 5.75 Å². The Labute approximate surface area is 186 Å². The molecule has 0 fully saturated rings. The van der Waals surface area contributed by atoms with Gasteiger partial charge < -0.3 is 26.0 Å². The molecule has 0 saturated carbocycles. The molecule has 3 rings (SSSR count). The van der Waals surface area contributed by atoms with Crippen molar-refractivity contribution in [1.29, 1.82) is 0 Å². The van der Waals surface area contributed by atoms with Crippen LogP contribution in [0.2, 0.25) is 5.02 Å². The molecule has 31 heavy (non-hydrogen) atoms. The van der Waals surface area contributed by atoms with Gasteiger partial charge in [0.2, 0.25) is 5.95 Å². The number of amides is 2. The Morgan fingerprint density at radius 1 is 1.03 bits per heavy atom. The molecular weight excluding hydrogens is 416 g/mol. The van der Waals surface area contributed by atoms with Crippen LogP contribution in [0, 0.1) is 13.8 Å². The van der Waals surface area contributed by atoms with Crippen molar-refractivity contribution in [2.45, 2.75) is 13.8 Å². The Kier molecular flexibility index (Phi) is 7.50. The number of nitrogens with zero attached hydrogens (tertiary/aromatic N) is 2. The molecule has 1 heterocycles. The summed E-state index contributed by atoms with van der Waals surface area (Å²) >= 11 is 6.13. The number of hydrogen-bond donors (Lipinski definition) is 4. The second-order valence-corrected chi connectivity index (χ2v) is 7.27. The number of carbonyl (C=O) groups is 1. The lowest BCUT2D eigenvalue weighted by atomic mass is 10.2. The van der Waals surface area contributed by atoms with Gasteiger partial charge in [-0.1, -0.05) is 17.7 Å². The number of benzene rings is 2. The number of halogens is 1. The Morgan fingerprint density at radius 3 is 2.52 bits per heavy atom. The van der Waals surface area contributed by atoms with Crippen LogP contribution in [0.3, 0.4) is 0 Å². The molecule has 0 aliphatic heterocycles. The minimum Gasteiger partial charge on any atom is -0.497 e. The summed E-state index contributed by atoms with van der Waals surface area (Å²) in [6.07, 6.45) is 0. The molecular formula is C22H25ClN6O2. The lowest BCUT2D eigenvalue weighted by molar-refractivity contribution is 0.252. The summed E-state index contributed by atoms with van der Waals surface area (Å²) in [6.45, 7) is 4.67. The van der Waals surface area contributed by atoms with Gasteiger partial charge in [0.1, 0.15) is 11.6 Å². The van der Waals surface area contributed by atoms with Crippen molar-refractivity contribution in [2.24, 2.45) is 0 Å². The van der Waals surface area contributed by atoms with Crippen molar-refractivity contribution < 1.29 is 9.53 Å². The fraction of sp³-hybridized carbons (Fsp3) is 0.227. The van der Waals surface area contributed by atoms with Crippen LogP contribution in [0.1, 0.15) is 11.3 Å². The van der Waals surface area contributed by atoms with Gasteiger partial charge in [-0.3, -0.25) is 0 Å². The molecule has 162 valence electrons. The Bertz CT molecular complexity index is 1040. The Balaban J connectivity index is 1.49. The predicted octanol–water partition coefficient (Wildman–Crippen LogP) is 4.73. The van der Waals surface area contributed by atoms with E-state index in [1.807, 2.05) is 50.2 Å². The average Bonchev–Trinajstić information content (AvgIpc) is 2.73. The third-order valence-electron chi connectivity index (χ3n) is 4.28. The van der Waals surface area contributed by atoms with Crippen LogP contribution in [0.5, 0.6) is 5.75 Å². The van der Waals surface area contributed by atoms with E-state index in [0.717, 1.165) is 22.7 Å². The van der Waals surface area contributed by atoms with E-state index in [2.05, 4.69) is 31.2 Å². The van der Waals surface area contributed by atoms with E-state index in [9.17, 15) is 4.79 Å². The number of nitrogens with one attached hydrogen (secondary N) is 4. The second-order valence-electron chi connectivity index (χ2n) is 6.86. The van der Waals surface area contributed by atoms with E-state index >= 15 is 0 Å². The van der Waals surface area contributed by atoms with Gasteiger partial charge in [-0.05, 0) is 55.8 Å². The summed E-state index contributed by atoms with van der Waals surface area (Å²) in [5, 5.41) is 12.4. The average molecular weight is 441 g/mol. The van der Waals surface area contributed by atoms with E-state index in [0.29, 0.717) is 35.6 Å². The predicted molar refractivity (Wildman–Crippen MR) is 125 cm³/mol. The SMILES string of the molecule is COc1ccc(Nc2cc(C)nc(NCCNC(=O)Nc3ccc(C)cc3Cl)n2)cc1. The Morgan fingerprint density at radius 2 is 1.81 bits per heavy atom. The molecule has 0 spiro atoms. The minimum absolute atomic E-state index is 0.334. The molecule has 0 radical (unpaired) electrons. The van der Waals surface area contributed by atoms with E-state index in [1.165, 1.54) is 0 Å². The smallest absolute Gasteiger partial charge is 0.319 e. The molecule has 0 bridgehead atoms. The molecule has 0 unspecified atom stereocenters. The number of hydrogen-bond acceptors (Lipinski definition) is 6. The van der Waals surface area contributed by atoms with Gasteiger partial charge >= 0.3 is 6.03 Å². The lowest BCUT2D eigenvalue weighted by Gasteiger charge is -2.12. The summed E-state index contributed by atoms with van der Waals surface area (Å²) in [6, 6.07) is 14.5. The van der Waals surface area contributed by atoms with Gasteiger partial charge in [0, 0.05) is 30.5 Å². The highest BCUT2D eigenvalue weighted by atomic mass is 35.5. The molecule has 1 aromatic heterocycles. The van der Waals surface area contributed by atoms with E-state index < -0.39 is 0 Å². The fourth-order valence-corrected chi connectivity index (χ4v) is 3.05. The number of methoxy groups -OCH3 is 1. The van der Waals surface area contributed by atoms with Crippen LogP contribution >= 0.6 is 11.6 Å². The summed E-state index contributed by atoms with van der Waals surface area (Å²) in [7, 11) is 1.63. The molecule has 0 atom stereocenters. The number of ether oxygens (including phenoxy) is 1. The van der Waals surface area contributed by atoms with Gasteiger partial charge in [-0.15, -0.1) is 0 Å². The third-order valence-corrected chi connectivity index (χ3v) is 4.60. The summed E-state index contributed by atoms with van der Waals surface area (Å²) < 4.78 is 5.17. The van der Waals surface area contributed by atoms with Crippen LogP contribution in [0.25, 0.3) is 0 Å². The maximum absolute atomic E-state index is 12.1. The highest BCUT2D eigenvalue weighted by molar-refractivity contribution is 6.33. The normalized spacial score (nSPS) is 10.3. The third kappa shape index (κ3) is 6.75. The molecule has 0 saturated heterocycles. The van der Waals surface area contributed by atoms with Crippen molar-refractivity contribution in [3.05, 3.63) is 64.8 Å². The van der Waals surface area contributed by atoms with Gasteiger partial charge in [-0.2, -0.15) is 4.98 Å². The number of anilines is 4. The molecule has 9 heteroatoms. The van der Waals surface area contributed by atoms with Crippen molar-refractivity contribution in [1.82, 2.24) is 15.3 Å². The first-order valence-electron chi connectivity index (χ1n) is 9.74. The summed E-state index contributed by atoms with van der Waals surface area (Å²) in [5.74, 6) is 1.92. The van der Waals surface area contributed by atoms with E-state index in [-0.39, 0.29) is 6.03 Å². The molecule has 2 amide bonds. The van der Waals surface area contributed by atoms with Crippen molar-refractivity contribution in [3.63, 3.8) is 0 Å². The molecule has 8 nitrogen and oxygen atoms in total. The fourth-order valence-electron chi connectivity index (χ4n) is 2.77. The second kappa shape index (κ2) is 10.5. The van der Waals surface area contributed by atoms with Gasteiger partial charge in [0.25, 0.3) is 0 Å². The van der Waals surface area contributed by atoms with Crippen LogP contribution < -0.4 is 26.0 Å². The first-order chi connectivity index (χ1) is 14.9. The Hall–Kier alpha value is -3.52. The number of carbonyl (C=O) groups excluding carboxylic acids is 1. The maximum Gasteiger partial charge on any atom is 0.319 e. The quantitative estimate of drug-likeness (QED) is 0.378. The monoisotopic (exact) mass is 440 g/mol. The van der Waals surface area contributed by atoms with Gasteiger partial charge in [0.05, 0.1) is 17.8 Å². The van der Waals surface area contributed by atoms with Crippen LogP contribution in [-0.2, 0) is 0 Å². The van der Waals surface area contributed by atoms with E-state index in [1.54, 1.807) is 19.2 Å². The van der Waals surface area contributed by atoms with Crippen LogP contribution in [0.4, 0.5) is 27.9 Å². The number of rotatable bonds is 8. The zero-order chi connectivity index (χ0) is 22.2. The largest absolute Gasteiger partial charge is 0.497 e. The lowest BCUT2D eigenvalue weighted by Crippen LogP contribution is -2.33. The number of urea groups is 1. The standard InChI is InChI=1S/C22H25ClN6O2/c1-14-4-9-19(18(23)12-14)28-22(30)25-11-10-24-21-26-15(2)13-20(29-21)27-16-5-7-17(31-3)8-6-16/h4-9,12-13H,10-11H2,1-3H3,(H2,25,28,30)(H2,24,26,27,29). The molecule has 0 aliphatic rings. The first-order valence-corrected chi connectivity index (χ1v) is 10.1. The summed E-state index contributed by atoms with van der Waals surface area (Å²) in [5.41, 5.74) is 3.29. The highest BCUT2D eigenvalue weighted by Gasteiger charge is 2.06. The minimum atomic E-state index is -0.334. The molecule has 2 aromatic carbocycles. The maximum atomic E-state index is 12.1. The first kappa shape index (κ1) is 22.2. The van der Waals surface area contributed by atoms with E-state index in [4.69, 9.17) is 16.3 Å². The van der Waals surface area contributed by atoms with Gasteiger partial charge in [0.15, 0.2) is 0 Å². The van der Waals surface area contributed by atoms with Crippen molar-refractivity contribution in [2.75, 3.05) is 36.1 Å². The highest BCUT2D eigenvalue weighted by Crippen LogP contribution is 2.22. The zero-order valence-electron chi connectivity index (χ0n) is 17.6. The molecule has 0 aliphatic carbocycles. The van der Waals surface area contributed by atoms with Crippen molar-refractivity contribution >= 4 is 40.8 Å². The van der Waals surface area contributed by atoms with Crippen LogP contribution in [-0.4, -0.2) is 36.2 Å². The molecule has 4 N–H and O–H groups in total. The summed E-state index contributed by atoms with van der Waals surface area (Å²) in [4.78, 5) is 20.9. The van der Waals surface area contributed by atoms with Gasteiger partial charge in [-0.25, -0.2) is 9.78 Å². The topological polar surface area (TPSA) is 100 Å². The number of aryl methyl sites for hydroxylation is 2. The van der Waals surface area contributed by atoms with Crippen LogP contribution in [0.15, 0.2) is 48.5 Å². The molecule has 3 aromatic rings. The zero-order valence-corrected chi connectivity index (χ0v) is 18.4.